The molecule has 1 aliphatic carbocycles. The quantitative estimate of drug-likeness (QED) is 0.728. The average Bonchev–Trinajstić information content (AvgIpc) is 3.54. The minimum absolute atomic E-state index is 0.0329. The van der Waals surface area contributed by atoms with Gasteiger partial charge in [-0.25, -0.2) is 0 Å². The van der Waals surface area contributed by atoms with E-state index in [9.17, 15) is 9.59 Å². The van der Waals surface area contributed by atoms with Crippen molar-refractivity contribution in [3.05, 3.63) is 70.2 Å². The van der Waals surface area contributed by atoms with Crippen LogP contribution in [0.4, 0.5) is 0 Å². The second-order valence-electron chi connectivity index (χ2n) is 7.87. The number of piperazine rings is 1. The zero-order valence-electron chi connectivity index (χ0n) is 16.4. The fraction of sp³-hybridized carbons (Fsp3) is 0.391. The lowest BCUT2D eigenvalue weighted by Gasteiger charge is -2.34. The van der Waals surface area contributed by atoms with E-state index < -0.39 is 0 Å². The molecule has 0 bridgehead atoms. The van der Waals surface area contributed by atoms with E-state index in [1.807, 2.05) is 47.4 Å². The third kappa shape index (κ3) is 5.25. The van der Waals surface area contributed by atoms with Crippen LogP contribution in [-0.4, -0.2) is 54.3 Å². The Morgan fingerprint density at radius 1 is 1.00 bits per heavy atom. The topological polar surface area (TPSA) is 52.7 Å². The normalized spacial score (nSPS) is 21.6. The summed E-state index contributed by atoms with van der Waals surface area (Å²) in [6.45, 7) is 3.84. The molecule has 5 nitrogen and oxygen atoms in total. The van der Waals surface area contributed by atoms with Crippen molar-refractivity contribution in [3.63, 3.8) is 0 Å². The second kappa shape index (κ2) is 9.09. The molecule has 0 radical (unpaired) electrons. The molecule has 6 heteroatoms. The first-order chi connectivity index (χ1) is 14.1. The number of carbonyl (C=O) groups excluding carboxylic acids is 2. The van der Waals surface area contributed by atoms with Crippen LogP contribution in [0, 0.1) is 5.92 Å². The summed E-state index contributed by atoms with van der Waals surface area (Å²) >= 11 is 3.51. The molecule has 1 aliphatic heterocycles. The summed E-state index contributed by atoms with van der Waals surface area (Å²) in [5.41, 5.74) is 2.34. The lowest BCUT2D eigenvalue weighted by Crippen LogP contribution is -2.51. The van der Waals surface area contributed by atoms with E-state index in [4.69, 9.17) is 0 Å². The maximum atomic E-state index is 12.8. The molecule has 1 heterocycles. The van der Waals surface area contributed by atoms with E-state index in [1.54, 1.807) is 0 Å². The summed E-state index contributed by atoms with van der Waals surface area (Å²) in [6.07, 6.45) is 0.942. The highest BCUT2D eigenvalue weighted by Gasteiger charge is 2.46. The molecule has 1 saturated heterocycles. The van der Waals surface area contributed by atoms with Gasteiger partial charge in [-0.1, -0.05) is 58.4 Å². The van der Waals surface area contributed by atoms with Gasteiger partial charge >= 0.3 is 0 Å². The van der Waals surface area contributed by atoms with Gasteiger partial charge in [0.2, 0.25) is 11.8 Å². The van der Waals surface area contributed by atoms with Gasteiger partial charge in [-0.15, -0.1) is 0 Å². The fourth-order valence-corrected chi connectivity index (χ4v) is 4.41. The van der Waals surface area contributed by atoms with Crippen LogP contribution in [0.5, 0.6) is 0 Å². The first kappa shape index (κ1) is 20.1. The number of hydrogen-bond acceptors (Lipinski definition) is 3. The van der Waals surface area contributed by atoms with Gasteiger partial charge in [-0.05, 0) is 35.6 Å². The zero-order valence-corrected chi connectivity index (χ0v) is 18.0. The Balaban J connectivity index is 1.19. The molecule has 2 atom stereocenters. The molecule has 1 N–H and O–H groups in total. The Labute approximate surface area is 180 Å². The van der Waals surface area contributed by atoms with Crippen molar-refractivity contribution < 1.29 is 9.59 Å². The predicted molar refractivity (Wildman–Crippen MR) is 116 cm³/mol. The largest absolute Gasteiger partial charge is 0.351 e. The average molecular weight is 456 g/mol. The molecule has 2 fully saturated rings. The standard InChI is InChI=1S/C23H26BrN3O2/c24-19-8-4-7-18(13-19)20-14-21(20)23(29)27-11-9-26(10-12-27)16-22(28)25-15-17-5-2-1-3-6-17/h1-8,13,20-21H,9-12,14-16H2,(H,25,28). The van der Waals surface area contributed by atoms with Gasteiger partial charge in [0.1, 0.15) is 0 Å². The van der Waals surface area contributed by atoms with Crippen molar-refractivity contribution in [2.45, 2.75) is 18.9 Å². The molecule has 0 aromatic heterocycles. The molecule has 0 spiro atoms. The van der Waals surface area contributed by atoms with E-state index in [0.29, 0.717) is 32.1 Å². The maximum Gasteiger partial charge on any atom is 0.234 e. The number of amides is 2. The predicted octanol–water partition coefficient (Wildman–Crippen LogP) is 3.01. The van der Waals surface area contributed by atoms with Gasteiger partial charge in [0.05, 0.1) is 6.54 Å². The minimum Gasteiger partial charge on any atom is -0.351 e. The van der Waals surface area contributed by atoms with Crippen molar-refractivity contribution >= 4 is 27.7 Å². The van der Waals surface area contributed by atoms with Crippen LogP contribution in [0.3, 0.4) is 0 Å². The second-order valence-corrected chi connectivity index (χ2v) is 8.78. The van der Waals surface area contributed by atoms with E-state index in [-0.39, 0.29) is 17.7 Å². The van der Waals surface area contributed by atoms with Gasteiger partial charge in [-0.3, -0.25) is 14.5 Å². The minimum atomic E-state index is 0.0329. The number of rotatable bonds is 6. The maximum absolute atomic E-state index is 12.8. The lowest BCUT2D eigenvalue weighted by molar-refractivity contribution is -0.134. The molecule has 2 aliphatic rings. The SMILES string of the molecule is O=C(CN1CCN(C(=O)C2CC2c2cccc(Br)c2)CC1)NCc1ccccc1. The smallest absolute Gasteiger partial charge is 0.234 e. The van der Waals surface area contributed by atoms with Crippen LogP contribution in [0.15, 0.2) is 59.1 Å². The Morgan fingerprint density at radius 2 is 1.76 bits per heavy atom. The van der Waals surface area contributed by atoms with Crippen molar-refractivity contribution in [2.75, 3.05) is 32.7 Å². The third-order valence-corrected chi connectivity index (χ3v) is 6.26. The first-order valence-corrected chi connectivity index (χ1v) is 11.0. The molecule has 4 rings (SSSR count). The highest BCUT2D eigenvalue weighted by Crippen LogP contribution is 2.48. The molecule has 2 aromatic rings. The van der Waals surface area contributed by atoms with E-state index >= 15 is 0 Å². The Bertz CT molecular complexity index is 865. The molecule has 2 aromatic carbocycles. The number of benzene rings is 2. The number of nitrogens with one attached hydrogen (secondary N) is 1. The summed E-state index contributed by atoms with van der Waals surface area (Å²) in [5.74, 6) is 0.764. The molecular formula is C23H26BrN3O2. The number of halogens is 1. The number of nitrogens with zero attached hydrogens (tertiary/aromatic N) is 2. The van der Waals surface area contributed by atoms with Gasteiger partial charge in [0, 0.05) is 43.1 Å². The number of carbonyl (C=O) groups is 2. The molecular weight excluding hydrogens is 430 g/mol. The number of hydrogen-bond donors (Lipinski definition) is 1. The van der Waals surface area contributed by atoms with Crippen LogP contribution in [0.25, 0.3) is 0 Å². The van der Waals surface area contributed by atoms with E-state index in [0.717, 1.165) is 29.5 Å². The van der Waals surface area contributed by atoms with Gasteiger partial charge in [-0.2, -0.15) is 0 Å². The zero-order chi connectivity index (χ0) is 20.2. The van der Waals surface area contributed by atoms with Gasteiger partial charge in [0.25, 0.3) is 0 Å². The summed E-state index contributed by atoms with van der Waals surface area (Å²) in [4.78, 5) is 29.1. The Kier molecular flexibility index (Phi) is 6.31. The molecule has 29 heavy (non-hydrogen) atoms. The molecule has 2 amide bonds. The van der Waals surface area contributed by atoms with E-state index in [1.165, 1.54) is 5.56 Å². The summed E-state index contributed by atoms with van der Waals surface area (Å²) < 4.78 is 1.06. The molecule has 2 unspecified atom stereocenters. The van der Waals surface area contributed by atoms with Crippen LogP contribution in [-0.2, 0) is 16.1 Å². The summed E-state index contributed by atoms with van der Waals surface area (Å²) in [7, 11) is 0. The first-order valence-electron chi connectivity index (χ1n) is 10.2. The third-order valence-electron chi connectivity index (χ3n) is 5.77. The van der Waals surface area contributed by atoms with Crippen molar-refractivity contribution in [2.24, 2.45) is 5.92 Å². The van der Waals surface area contributed by atoms with Crippen LogP contribution in [0.2, 0.25) is 0 Å². The highest BCUT2D eigenvalue weighted by molar-refractivity contribution is 9.10. The van der Waals surface area contributed by atoms with Crippen molar-refractivity contribution in [1.82, 2.24) is 15.1 Å². The van der Waals surface area contributed by atoms with E-state index in [2.05, 4.69) is 38.3 Å². The van der Waals surface area contributed by atoms with Crippen LogP contribution >= 0.6 is 15.9 Å². The fourth-order valence-electron chi connectivity index (χ4n) is 3.99. The van der Waals surface area contributed by atoms with Gasteiger partial charge in [0.15, 0.2) is 0 Å². The van der Waals surface area contributed by atoms with Crippen LogP contribution < -0.4 is 5.32 Å². The van der Waals surface area contributed by atoms with Crippen molar-refractivity contribution in [3.8, 4) is 0 Å². The van der Waals surface area contributed by atoms with Gasteiger partial charge < -0.3 is 10.2 Å². The van der Waals surface area contributed by atoms with Crippen LogP contribution in [0.1, 0.15) is 23.5 Å². The summed E-state index contributed by atoms with van der Waals surface area (Å²) in [6, 6.07) is 18.2. The van der Waals surface area contributed by atoms with Crippen molar-refractivity contribution in [1.29, 1.82) is 0 Å². The Morgan fingerprint density at radius 3 is 2.48 bits per heavy atom. The Hall–Kier alpha value is -2.18. The lowest BCUT2D eigenvalue weighted by atomic mass is 10.1. The molecule has 1 saturated carbocycles. The molecule has 152 valence electrons. The summed E-state index contributed by atoms with van der Waals surface area (Å²) in [5, 5.41) is 2.97. The highest BCUT2D eigenvalue weighted by atomic mass is 79.9. The monoisotopic (exact) mass is 455 g/mol.